The standard InChI is InChI=1S/C16H20O4/c1-3-20-15(18)14-12(11-7-5-4-6-8-11)9-16(2,19)10-13(14)17/h4-8,12,14,19H,3,9-10H2,1-2H3/t12-,14-,16+/m1/s1. The van der Waals surface area contributed by atoms with E-state index in [0.29, 0.717) is 6.42 Å². The summed E-state index contributed by atoms with van der Waals surface area (Å²) < 4.78 is 5.03. The largest absolute Gasteiger partial charge is 0.465 e. The van der Waals surface area contributed by atoms with Crippen LogP contribution in [0.1, 0.15) is 38.2 Å². The summed E-state index contributed by atoms with van der Waals surface area (Å²) in [5.74, 6) is -1.86. The van der Waals surface area contributed by atoms with Crippen molar-refractivity contribution in [3.8, 4) is 0 Å². The highest BCUT2D eigenvalue weighted by atomic mass is 16.5. The molecule has 108 valence electrons. The van der Waals surface area contributed by atoms with Crippen LogP contribution in [0.15, 0.2) is 30.3 Å². The summed E-state index contributed by atoms with van der Waals surface area (Å²) in [7, 11) is 0. The molecule has 0 radical (unpaired) electrons. The fourth-order valence-corrected chi connectivity index (χ4v) is 2.91. The number of hydrogen-bond acceptors (Lipinski definition) is 4. The number of carbonyl (C=O) groups excluding carboxylic acids is 2. The molecular weight excluding hydrogens is 256 g/mol. The number of esters is 1. The van der Waals surface area contributed by atoms with E-state index in [1.807, 2.05) is 30.3 Å². The molecule has 20 heavy (non-hydrogen) atoms. The lowest BCUT2D eigenvalue weighted by molar-refractivity contribution is -0.157. The molecule has 2 rings (SSSR count). The average Bonchev–Trinajstić information content (AvgIpc) is 2.38. The van der Waals surface area contributed by atoms with Gasteiger partial charge in [-0.15, -0.1) is 0 Å². The molecule has 0 unspecified atom stereocenters. The van der Waals surface area contributed by atoms with Crippen LogP contribution in [0.5, 0.6) is 0 Å². The van der Waals surface area contributed by atoms with Crippen molar-refractivity contribution in [3.63, 3.8) is 0 Å². The Morgan fingerprint density at radius 2 is 2.05 bits per heavy atom. The zero-order valence-electron chi connectivity index (χ0n) is 11.8. The Morgan fingerprint density at radius 1 is 1.40 bits per heavy atom. The monoisotopic (exact) mass is 276 g/mol. The summed E-state index contributed by atoms with van der Waals surface area (Å²) in [6.07, 6.45) is 0.381. The molecule has 1 N–H and O–H groups in total. The highest BCUT2D eigenvalue weighted by Crippen LogP contribution is 2.41. The lowest BCUT2D eigenvalue weighted by atomic mass is 9.69. The Labute approximate surface area is 118 Å². The van der Waals surface area contributed by atoms with Gasteiger partial charge in [0, 0.05) is 12.3 Å². The van der Waals surface area contributed by atoms with Gasteiger partial charge in [0.15, 0.2) is 5.78 Å². The molecule has 4 nitrogen and oxygen atoms in total. The maximum atomic E-state index is 12.2. The minimum Gasteiger partial charge on any atom is -0.465 e. The Balaban J connectivity index is 2.35. The first-order valence-corrected chi connectivity index (χ1v) is 6.91. The van der Waals surface area contributed by atoms with Crippen molar-refractivity contribution >= 4 is 11.8 Å². The van der Waals surface area contributed by atoms with E-state index < -0.39 is 17.5 Å². The van der Waals surface area contributed by atoms with Crippen LogP contribution in [0.3, 0.4) is 0 Å². The van der Waals surface area contributed by atoms with E-state index in [1.54, 1.807) is 13.8 Å². The molecule has 1 aromatic rings. The molecule has 0 spiro atoms. The minimum absolute atomic E-state index is 0.000184. The molecule has 4 heteroatoms. The second-order valence-electron chi connectivity index (χ2n) is 5.59. The number of benzene rings is 1. The molecule has 1 aliphatic carbocycles. The molecule has 1 saturated carbocycles. The van der Waals surface area contributed by atoms with Crippen LogP contribution >= 0.6 is 0 Å². The topological polar surface area (TPSA) is 63.6 Å². The maximum absolute atomic E-state index is 12.2. The highest BCUT2D eigenvalue weighted by Gasteiger charge is 2.46. The summed E-state index contributed by atoms with van der Waals surface area (Å²) in [4.78, 5) is 24.3. The lowest BCUT2D eigenvalue weighted by Crippen LogP contribution is -2.45. The van der Waals surface area contributed by atoms with Crippen LogP contribution in [0.4, 0.5) is 0 Å². The van der Waals surface area contributed by atoms with Gasteiger partial charge in [-0.3, -0.25) is 9.59 Å². The number of Topliss-reactive ketones (excluding diaryl/α,β-unsaturated/α-hetero) is 1. The number of ether oxygens (including phenoxy) is 1. The molecule has 3 atom stereocenters. The second-order valence-corrected chi connectivity index (χ2v) is 5.59. The number of ketones is 1. The van der Waals surface area contributed by atoms with Crippen molar-refractivity contribution in [2.24, 2.45) is 5.92 Å². The van der Waals surface area contributed by atoms with Gasteiger partial charge < -0.3 is 9.84 Å². The number of hydrogen-bond donors (Lipinski definition) is 1. The van der Waals surface area contributed by atoms with Gasteiger partial charge in [-0.05, 0) is 25.8 Å². The van der Waals surface area contributed by atoms with Gasteiger partial charge in [0.1, 0.15) is 5.92 Å². The van der Waals surface area contributed by atoms with Crippen LogP contribution in [0.25, 0.3) is 0 Å². The van der Waals surface area contributed by atoms with Crippen LogP contribution < -0.4 is 0 Å². The third-order valence-electron chi connectivity index (χ3n) is 3.73. The third kappa shape index (κ3) is 3.07. The normalized spacial score (nSPS) is 30.1. The van der Waals surface area contributed by atoms with E-state index in [-0.39, 0.29) is 24.7 Å². The molecule has 0 aliphatic heterocycles. The van der Waals surface area contributed by atoms with Gasteiger partial charge in [-0.25, -0.2) is 0 Å². The molecule has 1 fully saturated rings. The van der Waals surface area contributed by atoms with Gasteiger partial charge in [0.05, 0.1) is 12.2 Å². The van der Waals surface area contributed by atoms with E-state index >= 15 is 0 Å². The van der Waals surface area contributed by atoms with E-state index in [4.69, 9.17) is 4.74 Å². The summed E-state index contributed by atoms with van der Waals surface area (Å²) in [6.45, 7) is 3.61. The van der Waals surface area contributed by atoms with Crippen molar-refractivity contribution in [3.05, 3.63) is 35.9 Å². The first-order valence-electron chi connectivity index (χ1n) is 6.91. The van der Waals surface area contributed by atoms with E-state index in [9.17, 15) is 14.7 Å². The Bertz CT molecular complexity index is 492. The first-order chi connectivity index (χ1) is 9.44. The van der Waals surface area contributed by atoms with Crippen LogP contribution in [0.2, 0.25) is 0 Å². The molecular formula is C16H20O4. The van der Waals surface area contributed by atoms with Crippen LogP contribution in [-0.2, 0) is 14.3 Å². The van der Waals surface area contributed by atoms with Crippen molar-refractivity contribution in [2.75, 3.05) is 6.61 Å². The van der Waals surface area contributed by atoms with E-state index in [1.165, 1.54) is 0 Å². The van der Waals surface area contributed by atoms with Crippen LogP contribution in [-0.4, -0.2) is 29.1 Å². The Morgan fingerprint density at radius 3 is 2.65 bits per heavy atom. The molecule has 0 heterocycles. The Kier molecular flexibility index (Phi) is 4.23. The molecule has 0 aromatic heterocycles. The molecule has 0 saturated heterocycles. The molecule has 1 aliphatic rings. The summed E-state index contributed by atoms with van der Waals surface area (Å²) in [6, 6.07) is 9.37. The summed E-state index contributed by atoms with van der Waals surface area (Å²) in [5, 5.41) is 10.2. The lowest BCUT2D eigenvalue weighted by Gasteiger charge is -2.37. The SMILES string of the molecule is CCOC(=O)[C@H]1C(=O)C[C@@](C)(O)C[C@@H]1c1ccccc1. The van der Waals surface area contributed by atoms with Crippen molar-refractivity contribution in [1.82, 2.24) is 0 Å². The van der Waals surface area contributed by atoms with E-state index in [0.717, 1.165) is 5.56 Å². The Hall–Kier alpha value is -1.68. The molecule has 0 bridgehead atoms. The minimum atomic E-state index is -1.07. The molecule has 1 aromatic carbocycles. The van der Waals surface area contributed by atoms with Gasteiger partial charge in [-0.1, -0.05) is 30.3 Å². The number of aliphatic hydroxyl groups is 1. The van der Waals surface area contributed by atoms with Gasteiger partial charge in [-0.2, -0.15) is 0 Å². The van der Waals surface area contributed by atoms with Crippen LogP contribution in [0, 0.1) is 5.92 Å². The number of rotatable bonds is 3. The first kappa shape index (κ1) is 14.7. The zero-order chi connectivity index (χ0) is 14.8. The van der Waals surface area contributed by atoms with Crippen molar-refractivity contribution < 1.29 is 19.4 Å². The van der Waals surface area contributed by atoms with Crippen molar-refractivity contribution in [1.29, 1.82) is 0 Å². The third-order valence-corrected chi connectivity index (χ3v) is 3.73. The average molecular weight is 276 g/mol. The predicted molar refractivity (Wildman–Crippen MR) is 74.2 cm³/mol. The fraction of sp³-hybridized carbons (Fsp3) is 0.500. The smallest absolute Gasteiger partial charge is 0.317 e. The van der Waals surface area contributed by atoms with Crippen molar-refractivity contribution in [2.45, 2.75) is 38.2 Å². The fourth-order valence-electron chi connectivity index (χ4n) is 2.91. The number of carbonyl (C=O) groups is 2. The summed E-state index contributed by atoms with van der Waals surface area (Å²) >= 11 is 0. The predicted octanol–water partition coefficient (Wildman–Crippen LogP) is 2.06. The van der Waals surface area contributed by atoms with Gasteiger partial charge >= 0.3 is 5.97 Å². The molecule has 0 amide bonds. The van der Waals surface area contributed by atoms with Gasteiger partial charge in [0.25, 0.3) is 0 Å². The quantitative estimate of drug-likeness (QED) is 0.678. The second kappa shape index (κ2) is 5.75. The highest BCUT2D eigenvalue weighted by molar-refractivity contribution is 6.01. The zero-order valence-corrected chi connectivity index (χ0v) is 11.8. The van der Waals surface area contributed by atoms with E-state index in [2.05, 4.69) is 0 Å². The van der Waals surface area contributed by atoms with Gasteiger partial charge in [0.2, 0.25) is 0 Å². The summed E-state index contributed by atoms with van der Waals surface area (Å²) in [5.41, 5.74) is -0.181. The maximum Gasteiger partial charge on any atom is 0.317 e.